The zero-order valence-corrected chi connectivity index (χ0v) is 13.2. The molecule has 0 spiro atoms. The molecule has 2 aliphatic rings. The van der Waals surface area contributed by atoms with E-state index in [1.54, 1.807) is 11.0 Å². The third kappa shape index (κ3) is 2.18. The molecule has 1 aliphatic heterocycles. The largest absolute Gasteiger partial charge is 0.481 e. The van der Waals surface area contributed by atoms with Crippen LogP contribution in [-0.2, 0) is 4.79 Å². The molecule has 0 aromatic carbocycles. The summed E-state index contributed by atoms with van der Waals surface area (Å²) in [6.07, 6.45) is 2.44. The first-order chi connectivity index (χ1) is 11.1. The Morgan fingerprint density at radius 1 is 1.48 bits per heavy atom. The third-order valence-electron chi connectivity index (χ3n) is 5.08. The molecule has 4 rings (SSSR count). The fourth-order valence-electron chi connectivity index (χ4n) is 3.87. The Morgan fingerprint density at radius 2 is 2.35 bits per heavy atom. The summed E-state index contributed by atoms with van der Waals surface area (Å²) < 4.78 is 5.25. The van der Waals surface area contributed by atoms with Gasteiger partial charge in [-0.15, -0.1) is 11.3 Å². The van der Waals surface area contributed by atoms with Crippen molar-refractivity contribution in [3.05, 3.63) is 29.3 Å². The quantitative estimate of drug-likeness (QED) is 0.934. The highest BCUT2D eigenvalue weighted by Gasteiger charge is 2.56. The van der Waals surface area contributed by atoms with Gasteiger partial charge in [0.15, 0.2) is 11.5 Å². The lowest BCUT2D eigenvalue weighted by Gasteiger charge is -2.22. The number of hydrogen-bond acceptors (Lipinski definition) is 5. The van der Waals surface area contributed by atoms with Gasteiger partial charge in [0.2, 0.25) is 0 Å². The number of aromatic nitrogens is 1. The molecule has 1 saturated heterocycles. The zero-order chi connectivity index (χ0) is 16.0. The summed E-state index contributed by atoms with van der Waals surface area (Å²) >= 11 is 1.51. The van der Waals surface area contributed by atoms with Crippen molar-refractivity contribution in [2.45, 2.75) is 19.3 Å². The number of hydrogen-bond donors (Lipinski definition) is 1. The number of aliphatic carboxylic acids is 1. The Morgan fingerprint density at radius 3 is 3.04 bits per heavy atom. The van der Waals surface area contributed by atoms with Crippen molar-refractivity contribution in [3.63, 3.8) is 0 Å². The second-order valence-electron chi connectivity index (χ2n) is 6.29. The number of fused-ring (bicyclic) bond motifs is 1. The molecule has 120 valence electrons. The van der Waals surface area contributed by atoms with Crippen LogP contribution in [0.3, 0.4) is 0 Å². The van der Waals surface area contributed by atoms with E-state index in [-0.39, 0.29) is 24.1 Å². The highest BCUT2D eigenvalue weighted by atomic mass is 32.1. The molecule has 2 atom stereocenters. The van der Waals surface area contributed by atoms with Gasteiger partial charge in [-0.05, 0) is 30.2 Å². The van der Waals surface area contributed by atoms with Crippen LogP contribution in [0, 0.1) is 11.3 Å². The predicted octanol–water partition coefficient (Wildman–Crippen LogP) is 2.73. The predicted molar refractivity (Wildman–Crippen MR) is 83.1 cm³/mol. The summed E-state index contributed by atoms with van der Waals surface area (Å²) in [4.78, 5) is 26.9. The van der Waals surface area contributed by atoms with E-state index in [2.05, 4.69) is 5.16 Å². The van der Waals surface area contributed by atoms with Crippen molar-refractivity contribution < 1.29 is 19.2 Å². The molecule has 6 nitrogen and oxygen atoms in total. The molecular weight excluding hydrogens is 316 g/mol. The van der Waals surface area contributed by atoms with Gasteiger partial charge < -0.3 is 14.5 Å². The average molecular weight is 332 g/mol. The number of likely N-dealkylation sites (tertiary alicyclic amines) is 1. The molecule has 2 fully saturated rings. The van der Waals surface area contributed by atoms with Gasteiger partial charge in [0, 0.05) is 19.2 Å². The van der Waals surface area contributed by atoms with E-state index >= 15 is 0 Å². The van der Waals surface area contributed by atoms with Gasteiger partial charge in [0.1, 0.15) is 0 Å². The van der Waals surface area contributed by atoms with Crippen LogP contribution in [0.1, 0.15) is 29.8 Å². The summed E-state index contributed by atoms with van der Waals surface area (Å²) in [6.45, 7) is 0.763. The standard InChI is InChI=1S/C16H16N2O4S/c19-14(11-7-12(22-17-11)13-4-2-6-23-13)18-8-10-3-1-5-16(10,9-18)15(20)21/h2,4,6-7,10H,1,3,5,8-9H2,(H,20,21)/t10-,16+/m0/s1. The second kappa shape index (κ2) is 5.19. The number of rotatable bonds is 3. The Labute approximate surface area is 136 Å². The molecule has 3 heterocycles. The maximum absolute atomic E-state index is 12.6. The van der Waals surface area contributed by atoms with E-state index in [0.29, 0.717) is 18.7 Å². The minimum atomic E-state index is -0.783. The number of carboxylic acid groups (broad SMARTS) is 1. The van der Waals surface area contributed by atoms with Crippen LogP contribution in [0.25, 0.3) is 10.6 Å². The van der Waals surface area contributed by atoms with E-state index in [1.807, 2.05) is 17.5 Å². The minimum Gasteiger partial charge on any atom is -0.481 e. The van der Waals surface area contributed by atoms with Gasteiger partial charge in [-0.3, -0.25) is 9.59 Å². The van der Waals surface area contributed by atoms with Crippen molar-refractivity contribution in [2.75, 3.05) is 13.1 Å². The van der Waals surface area contributed by atoms with Gasteiger partial charge in [-0.2, -0.15) is 0 Å². The molecule has 0 radical (unpaired) electrons. The maximum atomic E-state index is 12.6. The van der Waals surface area contributed by atoms with Crippen molar-refractivity contribution >= 4 is 23.2 Å². The first-order valence-corrected chi connectivity index (χ1v) is 8.51. The lowest BCUT2D eigenvalue weighted by Crippen LogP contribution is -2.37. The minimum absolute atomic E-state index is 0.0487. The first-order valence-electron chi connectivity index (χ1n) is 7.63. The Bertz CT molecular complexity index is 754. The smallest absolute Gasteiger partial charge is 0.311 e. The van der Waals surface area contributed by atoms with Crippen LogP contribution < -0.4 is 0 Å². The molecule has 7 heteroatoms. The third-order valence-corrected chi connectivity index (χ3v) is 5.96. The van der Waals surface area contributed by atoms with Crippen LogP contribution in [0.4, 0.5) is 0 Å². The lowest BCUT2D eigenvalue weighted by molar-refractivity contribution is -0.149. The van der Waals surface area contributed by atoms with Crippen LogP contribution in [0.5, 0.6) is 0 Å². The highest BCUT2D eigenvalue weighted by molar-refractivity contribution is 7.13. The Kier molecular flexibility index (Phi) is 3.26. The van der Waals surface area contributed by atoms with Crippen molar-refractivity contribution in [1.82, 2.24) is 10.1 Å². The summed E-state index contributed by atoms with van der Waals surface area (Å²) in [5, 5.41) is 15.4. The van der Waals surface area contributed by atoms with E-state index in [0.717, 1.165) is 17.7 Å². The summed E-state index contributed by atoms with van der Waals surface area (Å²) in [6, 6.07) is 5.44. The molecule has 2 aromatic heterocycles. The normalized spacial score (nSPS) is 26.4. The van der Waals surface area contributed by atoms with Gasteiger partial charge in [0.25, 0.3) is 5.91 Å². The van der Waals surface area contributed by atoms with Crippen LogP contribution in [0.15, 0.2) is 28.1 Å². The fourth-order valence-corrected chi connectivity index (χ4v) is 4.54. The number of carbonyl (C=O) groups is 2. The number of carbonyl (C=O) groups excluding carboxylic acids is 1. The molecule has 1 N–H and O–H groups in total. The molecule has 1 saturated carbocycles. The van der Waals surface area contributed by atoms with Gasteiger partial charge >= 0.3 is 5.97 Å². The zero-order valence-electron chi connectivity index (χ0n) is 12.4. The van der Waals surface area contributed by atoms with Crippen molar-refractivity contribution in [1.29, 1.82) is 0 Å². The lowest BCUT2D eigenvalue weighted by atomic mass is 9.81. The number of nitrogens with zero attached hydrogens (tertiary/aromatic N) is 2. The molecule has 0 bridgehead atoms. The molecule has 23 heavy (non-hydrogen) atoms. The van der Waals surface area contributed by atoms with E-state index in [1.165, 1.54) is 11.3 Å². The Balaban J connectivity index is 1.56. The summed E-state index contributed by atoms with van der Waals surface area (Å²) in [5.74, 6) is -0.412. The van der Waals surface area contributed by atoms with Crippen LogP contribution in [0.2, 0.25) is 0 Å². The average Bonchev–Trinajstić information content (AvgIpc) is 3.27. The molecular formula is C16H16N2O4S. The summed E-state index contributed by atoms with van der Waals surface area (Å²) in [5.41, 5.74) is -0.524. The molecule has 2 aromatic rings. The Hall–Kier alpha value is -2.15. The first kappa shape index (κ1) is 14.4. The van der Waals surface area contributed by atoms with Gasteiger partial charge in [-0.25, -0.2) is 0 Å². The van der Waals surface area contributed by atoms with Crippen LogP contribution >= 0.6 is 11.3 Å². The SMILES string of the molecule is O=C(c1cc(-c2cccs2)on1)N1C[C@@H]2CCC[C@@]2(C(=O)O)C1. The van der Waals surface area contributed by atoms with Crippen molar-refractivity contribution in [3.8, 4) is 10.6 Å². The fraction of sp³-hybridized carbons (Fsp3) is 0.438. The van der Waals surface area contributed by atoms with Gasteiger partial charge in [0.05, 0.1) is 10.3 Å². The number of thiophene rings is 1. The molecule has 0 unspecified atom stereocenters. The number of amides is 1. The monoisotopic (exact) mass is 332 g/mol. The van der Waals surface area contributed by atoms with E-state index in [9.17, 15) is 14.7 Å². The van der Waals surface area contributed by atoms with E-state index in [4.69, 9.17) is 4.52 Å². The maximum Gasteiger partial charge on any atom is 0.311 e. The molecule has 1 aliphatic carbocycles. The molecule has 1 amide bonds. The van der Waals surface area contributed by atoms with Crippen LogP contribution in [-0.4, -0.2) is 40.1 Å². The second-order valence-corrected chi connectivity index (χ2v) is 7.24. The highest BCUT2D eigenvalue weighted by Crippen LogP contribution is 2.49. The summed E-state index contributed by atoms with van der Waals surface area (Å²) in [7, 11) is 0. The number of carboxylic acids is 1. The topological polar surface area (TPSA) is 83.6 Å². The van der Waals surface area contributed by atoms with E-state index < -0.39 is 11.4 Å². The van der Waals surface area contributed by atoms with Crippen molar-refractivity contribution in [2.24, 2.45) is 11.3 Å². The van der Waals surface area contributed by atoms with Gasteiger partial charge in [-0.1, -0.05) is 17.6 Å².